The number of anilines is 1. The molecule has 1 fully saturated rings. The van der Waals surface area contributed by atoms with Crippen LogP contribution in [-0.4, -0.2) is 50.0 Å². The third-order valence-electron chi connectivity index (χ3n) is 8.55. The number of aromatic amines is 1. The lowest BCUT2D eigenvalue weighted by molar-refractivity contribution is -0.137. The lowest BCUT2D eigenvalue weighted by atomic mass is 9.71. The Morgan fingerprint density at radius 1 is 1.05 bits per heavy atom. The molecule has 212 valence electrons. The predicted molar refractivity (Wildman–Crippen MR) is 153 cm³/mol. The minimum absolute atomic E-state index is 0.00991. The molecule has 9 heteroatoms. The van der Waals surface area contributed by atoms with Gasteiger partial charge in [-0.05, 0) is 103 Å². The zero-order valence-corrected chi connectivity index (χ0v) is 23.9. The van der Waals surface area contributed by atoms with Gasteiger partial charge in [-0.3, -0.25) is 14.9 Å². The van der Waals surface area contributed by atoms with E-state index in [9.17, 15) is 9.59 Å². The van der Waals surface area contributed by atoms with Crippen LogP contribution in [-0.2, 0) is 17.6 Å². The molecule has 0 saturated heterocycles. The molecule has 9 nitrogen and oxygen atoms in total. The molecule has 2 aromatic carbocycles. The maximum Gasteiger partial charge on any atom is 0.270 e. The second-order valence-corrected chi connectivity index (χ2v) is 12.1. The molecule has 0 bridgehead atoms. The first-order valence-corrected chi connectivity index (χ1v) is 14.4. The number of hydrogen-bond acceptors (Lipinski definition) is 6. The number of hydrogen-bond donors (Lipinski definition) is 2. The van der Waals surface area contributed by atoms with Crippen LogP contribution < -0.4 is 10.1 Å². The van der Waals surface area contributed by atoms with Gasteiger partial charge >= 0.3 is 0 Å². The Morgan fingerprint density at radius 2 is 1.80 bits per heavy atom. The number of H-pyrrole nitrogens is 1. The fraction of sp³-hybridized carbons (Fsp3) is 0.516. The average molecular weight is 545 g/mol. The molecule has 2 N–H and O–H groups in total. The summed E-state index contributed by atoms with van der Waals surface area (Å²) in [5.74, 6) is 1.51. The lowest BCUT2D eigenvalue weighted by Crippen LogP contribution is -2.45. The molecular formula is C31H40N6O3. The molecule has 1 aromatic heterocycles. The van der Waals surface area contributed by atoms with E-state index in [2.05, 4.69) is 51.6 Å². The minimum atomic E-state index is -0.281. The number of carbonyl (C=O) groups is 2. The summed E-state index contributed by atoms with van der Waals surface area (Å²) in [6, 6.07) is 13.9. The van der Waals surface area contributed by atoms with Gasteiger partial charge in [0.15, 0.2) is 0 Å². The number of amides is 2. The largest absolute Gasteiger partial charge is 0.494 e. The lowest BCUT2D eigenvalue weighted by Gasteiger charge is -2.43. The highest BCUT2D eigenvalue weighted by molar-refractivity contribution is 6.03. The number of fused-ring (bicyclic) bond motifs is 1. The summed E-state index contributed by atoms with van der Waals surface area (Å²) in [7, 11) is 0. The zero-order valence-electron chi connectivity index (χ0n) is 23.9. The number of rotatable bonds is 8. The zero-order chi connectivity index (χ0) is 28.3. The molecule has 2 aliphatic carbocycles. The summed E-state index contributed by atoms with van der Waals surface area (Å²) in [6.07, 6.45) is 6.36. The van der Waals surface area contributed by atoms with Gasteiger partial charge in [-0.25, -0.2) is 0 Å². The number of benzene rings is 2. The van der Waals surface area contributed by atoms with E-state index in [0.717, 1.165) is 61.0 Å². The Bertz CT molecular complexity index is 1310. The SMILES string of the molecule is CCOc1ccc(CC(=O)N(C2CCC(C(C)(C)C)CC2)C2CCc3cc(C(=O)Nc4nn[nH]n4)ccc32)cc1. The van der Waals surface area contributed by atoms with Gasteiger partial charge < -0.3 is 9.64 Å². The molecule has 1 saturated carbocycles. The highest BCUT2D eigenvalue weighted by atomic mass is 16.5. The number of aromatic nitrogens is 4. The van der Waals surface area contributed by atoms with Gasteiger partial charge in [-0.2, -0.15) is 5.21 Å². The van der Waals surface area contributed by atoms with E-state index in [-0.39, 0.29) is 35.3 Å². The van der Waals surface area contributed by atoms with Crippen LogP contribution in [0.1, 0.15) is 92.9 Å². The molecule has 5 rings (SSSR count). The van der Waals surface area contributed by atoms with E-state index in [1.807, 2.05) is 49.4 Å². The molecule has 2 aliphatic rings. The summed E-state index contributed by atoms with van der Waals surface area (Å²) in [5.41, 5.74) is 4.08. The number of ether oxygens (including phenoxy) is 1. The Morgan fingerprint density at radius 3 is 2.45 bits per heavy atom. The molecule has 1 unspecified atom stereocenters. The fourth-order valence-electron chi connectivity index (χ4n) is 6.40. The summed E-state index contributed by atoms with van der Waals surface area (Å²) < 4.78 is 5.59. The van der Waals surface area contributed by atoms with Crippen LogP contribution in [0.15, 0.2) is 42.5 Å². The molecule has 0 spiro atoms. The molecule has 2 amide bonds. The molecule has 40 heavy (non-hydrogen) atoms. The van der Waals surface area contributed by atoms with Crippen molar-refractivity contribution in [3.05, 3.63) is 64.7 Å². The van der Waals surface area contributed by atoms with Crippen molar-refractivity contribution in [2.24, 2.45) is 11.3 Å². The van der Waals surface area contributed by atoms with Crippen molar-refractivity contribution >= 4 is 17.8 Å². The Hall–Kier alpha value is -3.75. The van der Waals surface area contributed by atoms with Crippen LogP contribution in [0.2, 0.25) is 0 Å². The predicted octanol–water partition coefficient (Wildman–Crippen LogP) is 5.51. The van der Waals surface area contributed by atoms with Gasteiger partial charge in [0.2, 0.25) is 5.91 Å². The van der Waals surface area contributed by atoms with Crippen molar-refractivity contribution in [2.45, 2.75) is 84.7 Å². The Balaban J connectivity index is 1.37. The van der Waals surface area contributed by atoms with E-state index >= 15 is 0 Å². The number of nitrogens with zero attached hydrogens (tertiary/aromatic N) is 4. The molecule has 0 aliphatic heterocycles. The first-order chi connectivity index (χ1) is 19.2. The van der Waals surface area contributed by atoms with Gasteiger partial charge in [-0.1, -0.05) is 44.1 Å². The topological polar surface area (TPSA) is 113 Å². The maximum atomic E-state index is 14.1. The normalized spacial score (nSPS) is 20.6. The van der Waals surface area contributed by atoms with E-state index < -0.39 is 0 Å². The highest BCUT2D eigenvalue weighted by Gasteiger charge is 2.39. The standard InChI is InChI=1S/C31H40N6O3/c1-5-40-25-14-6-20(7-15-25)18-28(38)37(24-12-10-23(11-13-24)31(2,3)4)27-17-9-21-19-22(8-16-26(21)27)29(39)32-30-33-35-36-34-30/h6-8,14-16,19,23-24,27H,5,9-13,17-18H2,1-4H3,(H2,32,33,34,35,36,39). The van der Waals surface area contributed by atoms with Gasteiger partial charge in [0.25, 0.3) is 11.9 Å². The van der Waals surface area contributed by atoms with Crippen LogP contribution in [0, 0.1) is 11.3 Å². The Labute approximate surface area is 236 Å². The smallest absolute Gasteiger partial charge is 0.270 e. The molecular weight excluding hydrogens is 504 g/mol. The van der Waals surface area contributed by atoms with Crippen molar-refractivity contribution in [3.63, 3.8) is 0 Å². The summed E-state index contributed by atoms with van der Waals surface area (Å²) in [5, 5.41) is 16.1. The van der Waals surface area contributed by atoms with Gasteiger partial charge in [0.05, 0.1) is 19.1 Å². The van der Waals surface area contributed by atoms with E-state index in [1.165, 1.54) is 0 Å². The van der Waals surface area contributed by atoms with Crippen molar-refractivity contribution in [1.82, 2.24) is 25.5 Å². The molecule has 1 heterocycles. The summed E-state index contributed by atoms with van der Waals surface area (Å²) >= 11 is 0. The van der Waals surface area contributed by atoms with Gasteiger partial charge in [0.1, 0.15) is 5.75 Å². The molecule has 3 aromatic rings. The molecule has 1 atom stereocenters. The fourth-order valence-corrected chi connectivity index (χ4v) is 6.40. The quantitative estimate of drug-likeness (QED) is 0.386. The first kappa shape index (κ1) is 27.8. The van der Waals surface area contributed by atoms with Crippen molar-refractivity contribution in [3.8, 4) is 5.75 Å². The van der Waals surface area contributed by atoms with Crippen molar-refractivity contribution < 1.29 is 14.3 Å². The Kier molecular flexibility index (Phi) is 8.19. The monoisotopic (exact) mass is 544 g/mol. The third kappa shape index (κ3) is 6.18. The van der Waals surface area contributed by atoms with Crippen LogP contribution in [0.3, 0.4) is 0 Å². The number of carbonyl (C=O) groups excluding carboxylic acids is 2. The number of tetrazole rings is 1. The number of nitrogens with one attached hydrogen (secondary N) is 2. The van der Waals surface area contributed by atoms with Crippen molar-refractivity contribution in [1.29, 1.82) is 0 Å². The highest BCUT2D eigenvalue weighted by Crippen LogP contribution is 2.44. The maximum absolute atomic E-state index is 14.1. The van der Waals surface area contributed by atoms with Crippen molar-refractivity contribution in [2.75, 3.05) is 11.9 Å². The number of aryl methyl sites for hydroxylation is 1. The van der Waals surface area contributed by atoms with Crippen LogP contribution in [0.5, 0.6) is 5.75 Å². The van der Waals surface area contributed by atoms with Crippen LogP contribution >= 0.6 is 0 Å². The van der Waals surface area contributed by atoms with E-state index in [1.54, 1.807) is 0 Å². The summed E-state index contributed by atoms with van der Waals surface area (Å²) in [6.45, 7) is 9.56. The average Bonchev–Trinajstić information content (AvgIpc) is 3.60. The van der Waals surface area contributed by atoms with Gasteiger partial charge in [-0.15, -0.1) is 5.10 Å². The second kappa shape index (κ2) is 11.8. The van der Waals surface area contributed by atoms with E-state index in [0.29, 0.717) is 24.5 Å². The molecule has 0 radical (unpaired) electrons. The minimum Gasteiger partial charge on any atom is -0.494 e. The third-order valence-corrected chi connectivity index (χ3v) is 8.55. The van der Waals surface area contributed by atoms with Gasteiger partial charge in [0, 0.05) is 11.6 Å². The van der Waals surface area contributed by atoms with E-state index in [4.69, 9.17) is 4.74 Å². The van der Waals surface area contributed by atoms with Crippen LogP contribution in [0.25, 0.3) is 0 Å². The first-order valence-electron chi connectivity index (χ1n) is 14.4. The second-order valence-electron chi connectivity index (χ2n) is 12.1. The summed E-state index contributed by atoms with van der Waals surface area (Å²) in [4.78, 5) is 29.0. The van der Waals surface area contributed by atoms with Crippen LogP contribution in [0.4, 0.5) is 5.95 Å².